The lowest BCUT2D eigenvalue weighted by atomic mass is 9.86. The number of aromatic carboxylic acids is 2. The van der Waals surface area contributed by atoms with Crippen molar-refractivity contribution < 1.29 is 34.1 Å². The molecule has 7 nitrogen and oxygen atoms in total. The van der Waals surface area contributed by atoms with Crippen LogP contribution in [0.25, 0.3) is 10.8 Å². The second-order valence-corrected chi connectivity index (χ2v) is 5.23. The molecule has 1 aliphatic rings. The summed E-state index contributed by atoms with van der Waals surface area (Å²) in [7, 11) is 0. The third-order valence-electron chi connectivity index (χ3n) is 4.01. The number of fused-ring (bicyclic) bond motifs is 4. The normalized spacial score (nSPS) is 13.1. The van der Waals surface area contributed by atoms with E-state index in [4.69, 9.17) is 0 Å². The molecular weight excluding hydrogens is 304 g/mol. The summed E-state index contributed by atoms with van der Waals surface area (Å²) in [4.78, 5) is 46.7. The number of carbonyl (C=O) groups is 4. The monoisotopic (exact) mass is 314 g/mol. The maximum Gasteiger partial charge on any atom is 0.346 e. The Hall–Kier alpha value is -3.22. The summed E-state index contributed by atoms with van der Waals surface area (Å²) in [6.07, 6.45) is 0. The highest BCUT2D eigenvalue weighted by Gasteiger charge is 2.32. The molecule has 1 aliphatic heterocycles. The Kier molecular flexibility index (Phi) is 2.97. The molecule has 2 aromatic carbocycles. The van der Waals surface area contributed by atoms with Crippen LogP contribution in [0.2, 0.25) is 0 Å². The second-order valence-electron chi connectivity index (χ2n) is 5.23. The third kappa shape index (κ3) is 1.90. The molecule has 3 rings (SSSR count). The first-order chi connectivity index (χ1) is 10.7. The molecule has 0 aliphatic carbocycles. The Balaban J connectivity index is 2.64. The molecular formula is C16H10O7. The molecule has 0 radical (unpaired) electrons. The zero-order valence-corrected chi connectivity index (χ0v) is 12.1. The van der Waals surface area contributed by atoms with Gasteiger partial charge in [0, 0.05) is 5.39 Å². The van der Waals surface area contributed by atoms with E-state index >= 15 is 0 Å². The zero-order valence-electron chi connectivity index (χ0n) is 12.1. The van der Waals surface area contributed by atoms with Gasteiger partial charge in [-0.1, -0.05) is 0 Å². The van der Waals surface area contributed by atoms with Crippen molar-refractivity contribution in [2.75, 3.05) is 0 Å². The van der Waals surface area contributed by atoms with Crippen molar-refractivity contribution in [2.24, 2.45) is 0 Å². The van der Waals surface area contributed by atoms with Gasteiger partial charge in [0.15, 0.2) is 0 Å². The fourth-order valence-corrected chi connectivity index (χ4v) is 2.95. The van der Waals surface area contributed by atoms with Crippen LogP contribution < -0.4 is 0 Å². The van der Waals surface area contributed by atoms with Crippen LogP contribution in [-0.2, 0) is 4.74 Å². The number of carbonyl (C=O) groups excluding carboxylic acids is 2. The van der Waals surface area contributed by atoms with Gasteiger partial charge >= 0.3 is 23.9 Å². The molecule has 23 heavy (non-hydrogen) atoms. The van der Waals surface area contributed by atoms with Gasteiger partial charge in [-0.15, -0.1) is 0 Å². The minimum absolute atomic E-state index is 0.0577. The van der Waals surface area contributed by atoms with E-state index in [0.717, 1.165) is 6.07 Å². The summed E-state index contributed by atoms with van der Waals surface area (Å²) in [5, 5.41) is 19.0. The Morgan fingerprint density at radius 1 is 0.826 bits per heavy atom. The van der Waals surface area contributed by atoms with Gasteiger partial charge in [0.2, 0.25) is 0 Å². The summed E-state index contributed by atoms with van der Waals surface area (Å²) in [6, 6.07) is 2.31. The molecule has 0 unspecified atom stereocenters. The van der Waals surface area contributed by atoms with Gasteiger partial charge in [-0.25, -0.2) is 19.2 Å². The van der Waals surface area contributed by atoms with E-state index in [1.807, 2.05) is 0 Å². The number of esters is 2. The Morgan fingerprint density at radius 3 is 1.96 bits per heavy atom. The fraction of sp³-hybridized carbons (Fsp3) is 0.125. The first-order valence-corrected chi connectivity index (χ1v) is 6.58. The number of hydrogen-bond acceptors (Lipinski definition) is 5. The van der Waals surface area contributed by atoms with Gasteiger partial charge in [-0.2, -0.15) is 0 Å². The van der Waals surface area contributed by atoms with Crippen LogP contribution in [0.15, 0.2) is 12.1 Å². The molecule has 7 heteroatoms. The Bertz CT molecular complexity index is 945. The average molecular weight is 314 g/mol. The van der Waals surface area contributed by atoms with Crippen LogP contribution in [-0.4, -0.2) is 34.1 Å². The first-order valence-electron chi connectivity index (χ1n) is 6.58. The number of rotatable bonds is 2. The number of ether oxygens (including phenoxy) is 1. The summed E-state index contributed by atoms with van der Waals surface area (Å²) in [5.41, 5.74) is 0.220. The Labute approximate surface area is 129 Å². The van der Waals surface area contributed by atoms with Crippen molar-refractivity contribution in [1.29, 1.82) is 0 Å². The SMILES string of the molecule is Cc1c(C(=O)O)cc(C(=O)O)c2c3cc(c(C)c12)C(=O)OC3=O. The smallest absolute Gasteiger partial charge is 0.346 e. The zero-order chi connectivity index (χ0) is 17.0. The predicted octanol–water partition coefficient (Wildman–Crippen LogP) is 2.16. The van der Waals surface area contributed by atoms with Gasteiger partial charge in [-0.3, -0.25) is 0 Å². The molecule has 0 amide bonds. The van der Waals surface area contributed by atoms with Crippen molar-refractivity contribution in [1.82, 2.24) is 0 Å². The number of cyclic esters (lactones) is 2. The van der Waals surface area contributed by atoms with Crippen LogP contribution in [0.5, 0.6) is 0 Å². The lowest BCUT2D eigenvalue weighted by Crippen LogP contribution is -2.22. The van der Waals surface area contributed by atoms with Crippen molar-refractivity contribution in [3.63, 3.8) is 0 Å². The van der Waals surface area contributed by atoms with Crippen molar-refractivity contribution >= 4 is 34.6 Å². The van der Waals surface area contributed by atoms with Gasteiger partial charge in [-0.05, 0) is 42.5 Å². The minimum atomic E-state index is -1.37. The number of aryl methyl sites for hydroxylation is 2. The highest BCUT2D eigenvalue weighted by Crippen LogP contribution is 2.36. The topological polar surface area (TPSA) is 118 Å². The molecule has 0 saturated carbocycles. The molecule has 0 atom stereocenters. The van der Waals surface area contributed by atoms with E-state index in [-0.39, 0.29) is 33.0 Å². The number of carboxylic acids is 2. The van der Waals surface area contributed by atoms with Crippen molar-refractivity contribution in [3.05, 3.63) is 45.5 Å². The molecule has 0 saturated heterocycles. The third-order valence-corrected chi connectivity index (χ3v) is 4.01. The van der Waals surface area contributed by atoms with Gasteiger partial charge in [0.05, 0.1) is 22.3 Å². The van der Waals surface area contributed by atoms with Gasteiger partial charge in [0.25, 0.3) is 0 Å². The van der Waals surface area contributed by atoms with E-state index in [9.17, 15) is 29.4 Å². The molecule has 1 heterocycles. The van der Waals surface area contributed by atoms with Crippen molar-refractivity contribution in [2.45, 2.75) is 13.8 Å². The van der Waals surface area contributed by atoms with E-state index in [1.165, 1.54) is 13.0 Å². The molecule has 2 bridgehead atoms. The van der Waals surface area contributed by atoms with Crippen LogP contribution in [0, 0.1) is 13.8 Å². The second kappa shape index (κ2) is 4.64. The molecule has 0 aromatic heterocycles. The van der Waals surface area contributed by atoms with Crippen LogP contribution in [0.4, 0.5) is 0 Å². The summed E-state index contributed by atoms with van der Waals surface area (Å²) < 4.78 is 4.62. The van der Waals surface area contributed by atoms with E-state index in [2.05, 4.69) is 4.74 Å². The van der Waals surface area contributed by atoms with Gasteiger partial charge in [0.1, 0.15) is 0 Å². The fourth-order valence-electron chi connectivity index (χ4n) is 2.95. The number of hydrogen-bond donors (Lipinski definition) is 2. The Morgan fingerprint density at radius 2 is 1.39 bits per heavy atom. The molecule has 116 valence electrons. The van der Waals surface area contributed by atoms with Crippen LogP contribution in [0.3, 0.4) is 0 Å². The van der Waals surface area contributed by atoms with Crippen molar-refractivity contribution in [3.8, 4) is 0 Å². The van der Waals surface area contributed by atoms with Gasteiger partial charge < -0.3 is 14.9 Å². The minimum Gasteiger partial charge on any atom is -0.478 e. The summed E-state index contributed by atoms with van der Waals surface area (Å²) in [5.74, 6) is -4.44. The molecule has 0 fully saturated rings. The van der Waals surface area contributed by atoms with E-state index in [1.54, 1.807) is 6.92 Å². The standard InChI is InChI=1S/C16H10O7/c1-5-7(13(17)18)3-9(14(19)20)12-10-4-8(6(2)11(5)12)15(21)23-16(10)22/h3-4H,1-2H3,(H,17,18)(H,19,20). The summed E-state index contributed by atoms with van der Waals surface area (Å²) >= 11 is 0. The quantitative estimate of drug-likeness (QED) is 0.644. The molecule has 0 spiro atoms. The highest BCUT2D eigenvalue weighted by molar-refractivity contribution is 6.22. The van der Waals surface area contributed by atoms with Crippen LogP contribution in [0.1, 0.15) is 52.6 Å². The summed E-state index contributed by atoms with van der Waals surface area (Å²) in [6.45, 7) is 3.07. The largest absolute Gasteiger partial charge is 0.478 e. The molecule has 2 N–H and O–H groups in total. The number of benzene rings is 2. The van der Waals surface area contributed by atoms with Crippen LogP contribution >= 0.6 is 0 Å². The predicted molar refractivity (Wildman–Crippen MR) is 77.1 cm³/mol. The highest BCUT2D eigenvalue weighted by atomic mass is 16.6. The molecule has 2 aromatic rings. The maximum absolute atomic E-state index is 11.9. The first kappa shape index (κ1) is 14.7. The van der Waals surface area contributed by atoms with E-state index in [0.29, 0.717) is 11.1 Å². The lowest BCUT2D eigenvalue weighted by molar-refractivity contribution is 0.0385. The number of carboxylic acid groups (broad SMARTS) is 2. The average Bonchev–Trinajstić information content (AvgIpc) is 2.45. The van der Waals surface area contributed by atoms with E-state index < -0.39 is 23.9 Å². The maximum atomic E-state index is 11.9. The lowest BCUT2D eigenvalue weighted by Gasteiger charge is -2.20.